The molecule has 1 aromatic rings. The maximum atomic E-state index is 12.1. The van der Waals surface area contributed by atoms with Gasteiger partial charge in [-0.3, -0.25) is 30.0 Å². The van der Waals surface area contributed by atoms with Gasteiger partial charge in [0, 0.05) is 11.5 Å². The number of nitrogens with two attached hydrogens (primary N) is 1. The lowest BCUT2D eigenvalue weighted by atomic mass is 10.1. The van der Waals surface area contributed by atoms with Crippen molar-refractivity contribution < 1.29 is 34.1 Å². The van der Waals surface area contributed by atoms with Gasteiger partial charge in [0.25, 0.3) is 5.91 Å². The molecule has 0 bridgehead atoms. The third-order valence-electron chi connectivity index (χ3n) is 3.99. The third-order valence-corrected chi connectivity index (χ3v) is 3.99. The maximum absolute atomic E-state index is 12.1. The summed E-state index contributed by atoms with van der Waals surface area (Å²) in [6.45, 7) is 0. The zero-order chi connectivity index (χ0) is 18.7. The van der Waals surface area contributed by atoms with E-state index in [0.717, 1.165) is 0 Å². The van der Waals surface area contributed by atoms with Crippen molar-refractivity contribution in [3.05, 3.63) is 29.8 Å². The van der Waals surface area contributed by atoms with Crippen molar-refractivity contribution in [3.8, 4) is 5.75 Å². The number of carbonyl (C=O) groups excluding carboxylic acids is 2. The Morgan fingerprint density at radius 1 is 1.16 bits per heavy atom. The van der Waals surface area contributed by atoms with Crippen LogP contribution in [0, 0.1) is 17.8 Å². The van der Waals surface area contributed by atoms with Crippen LogP contribution < -0.4 is 21.3 Å². The second-order valence-corrected chi connectivity index (χ2v) is 5.51. The van der Waals surface area contributed by atoms with Gasteiger partial charge in [0.1, 0.15) is 11.8 Å². The minimum absolute atomic E-state index is 0.212. The minimum Gasteiger partial charge on any atom is -0.497 e. The first kappa shape index (κ1) is 18.2. The Kier molecular flexibility index (Phi) is 5.22. The van der Waals surface area contributed by atoms with Crippen LogP contribution in [0.4, 0.5) is 0 Å². The lowest BCUT2D eigenvalue weighted by Crippen LogP contribution is -2.43. The second-order valence-electron chi connectivity index (χ2n) is 5.51. The maximum Gasteiger partial charge on any atom is 0.320 e. The molecule has 0 aliphatic heterocycles. The molecule has 1 aliphatic rings. The zero-order valence-corrected chi connectivity index (χ0v) is 13.1. The molecule has 1 aromatic carbocycles. The topological polar surface area (TPSA) is 168 Å². The molecule has 10 nitrogen and oxygen atoms in total. The molecule has 1 saturated carbocycles. The Bertz CT molecular complexity index is 721. The van der Waals surface area contributed by atoms with E-state index in [9.17, 15) is 19.2 Å². The summed E-state index contributed by atoms with van der Waals surface area (Å²) in [4.78, 5) is 46.0. The van der Waals surface area contributed by atoms with Gasteiger partial charge in [0.2, 0.25) is 5.91 Å². The van der Waals surface area contributed by atoms with Crippen molar-refractivity contribution in [1.82, 2.24) is 10.9 Å². The van der Waals surface area contributed by atoms with Crippen LogP contribution in [-0.4, -0.2) is 47.1 Å². The van der Waals surface area contributed by atoms with Crippen molar-refractivity contribution in [1.29, 1.82) is 0 Å². The van der Waals surface area contributed by atoms with Gasteiger partial charge in [-0.05, 0) is 18.2 Å². The first-order valence-electron chi connectivity index (χ1n) is 7.23. The molecule has 1 aliphatic carbocycles. The van der Waals surface area contributed by atoms with Crippen molar-refractivity contribution in [2.45, 2.75) is 6.04 Å². The van der Waals surface area contributed by atoms with E-state index in [4.69, 9.17) is 20.7 Å². The van der Waals surface area contributed by atoms with Gasteiger partial charge in [-0.15, -0.1) is 0 Å². The van der Waals surface area contributed by atoms with Gasteiger partial charge < -0.3 is 20.7 Å². The number of hydrogen-bond acceptors (Lipinski definition) is 6. The smallest absolute Gasteiger partial charge is 0.320 e. The predicted octanol–water partition coefficient (Wildman–Crippen LogP) is -1.19. The van der Waals surface area contributed by atoms with Crippen LogP contribution in [0.3, 0.4) is 0 Å². The molecule has 2 amide bonds. The molecule has 10 heteroatoms. The lowest BCUT2D eigenvalue weighted by molar-refractivity contribution is -0.141. The summed E-state index contributed by atoms with van der Waals surface area (Å²) in [6.07, 6.45) is 0. The average molecular weight is 351 g/mol. The van der Waals surface area contributed by atoms with Crippen LogP contribution in [0.1, 0.15) is 10.4 Å². The number of hydrogen-bond donors (Lipinski definition) is 5. The van der Waals surface area contributed by atoms with Gasteiger partial charge in [0.05, 0.1) is 18.9 Å². The van der Waals surface area contributed by atoms with E-state index in [-0.39, 0.29) is 5.56 Å². The summed E-state index contributed by atoms with van der Waals surface area (Å²) in [5.41, 5.74) is 9.87. The third kappa shape index (κ3) is 3.86. The number of carboxylic acids is 2. The number of rotatable bonds is 6. The molecule has 0 spiro atoms. The molecule has 2 rings (SSSR count). The number of aliphatic carboxylic acids is 2. The summed E-state index contributed by atoms with van der Waals surface area (Å²) in [7, 11) is 1.43. The highest BCUT2D eigenvalue weighted by Gasteiger charge is 2.63. The number of methoxy groups -OCH3 is 1. The molecule has 1 fully saturated rings. The van der Waals surface area contributed by atoms with E-state index in [1.54, 1.807) is 12.1 Å². The minimum atomic E-state index is -1.48. The van der Waals surface area contributed by atoms with Crippen LogP contribution in [0.2, 0.25) is 0 Å². The molecule has 0 aromatic heterocycles. The molecule has 4 atom stereocenters. The Morgan fingerprint density at radius 3 is 2.40 bits per heavy atom. The molecular formula is C15H17N3O7. The Labute approximate surface area is 141 Å². The number of ether oxygens (including phenoxy) is 1. The van der Waals surface area contributed by atoms with Crippen LogP contribution in [0.25, 0.3) is 0 Å². The van der Waals surface area contributed by atoms with E-state index < -0.39 is 47.5 Å². The SMILES string of the molecule is COc1cccc(C(=O)NNC(=O)[C@H]2[C@H](C(=O)O)[C@H]2[C@H](N)C(=O)O)c1. The van der Waals surface area contributed by atoms with Gasteiger partial charge in [0.15, 0.2) is 0 Å². The fraction of sp³-hybridized carbons (Fsp3) is 0.333. The zero-order valence-electron chi connectivity index (χ0n) is 13.1. The van der Waals surface area contributed by atoms with Crippen molar-refractivity contribution in [3.63, 3.8) is 0 Å². The Balaban J connectivity index is 1.98. The van der Waals surface area contributed by atoms with Crippen LogP contribution in [0.15, 0.2) is 24.3 Å². The molecule has 134 valence electrons. The van der Waals surface area contributed by atoms with Crippen molar-refractivity contribution in [2.24, 2.45) is 23.5 Å². The molecule has 25 heavy (non-hydrogen) atoms. The highest BCUT2D eigenvalue weighted by atomic mass is 16.5. The quantitative estimate of drug-likeness (QED) is 0.399. The number of hydrazine groups is 1. The number of nitrogens with one attached hydrogen (secondary N) is 2. The van der Waals surface area contributed by atoms with Crippen molar-refractivity contribution >= 4 is 23.8 Å². The largest absolute Gasteiger partial charge is 0.497 e. The summed E-state index contributed by atoms with van der Waals surface area (Å²) >= 11 is 0. The highest BCUT2D eigenvalue weighted by Crippen LogP contribution is 2.48. The predicted molar refractivity (Wildman–Crippen MR) is 82.3 cm³/mol. The fourth-order valence-electron chi connectivity index (χ4n) is 2.64. The Morgan fingerprint density at radius 2 is 1.84 bits per heavy atom. The highest BCUT2D eigenvalue weighted by molar-refractivity contribution is 5.97. The van der Waals surface area contributed by atoms with Gasteiger partial charge in [-0.25, -0.2) is 0 Å². The summed E-state index contributed by atoms with van der Waals surface area (Å²) in [5, 5.41) is 17.9. The standard InChI is InChI=1S/C15H17N3O7/c1-25-7-4-2-3-6(5-7)12(19)17-18-13(20)9-8(10(9)14(21)22)11(16)15(23)24/h2-5,8-11H,16H2,1H3,(H,17,19)(H,18,20)(H,21,22)(H,23,24)/t8-,9+,10+,11-/m0/s1. The van der Waals surface area contributed by atoms with Crippen molar-refractivity contribution in [2.75, 3.05) is 7.11 Å². The molecular weight excluding hydrogens is 334 g/mol. The van der Waals surface area contributed by atoms with Gasteiger partial charge >= 0.3 is 11.9 Å². The van der Waals surface area contributed by atoms with Gasteiger partial charge in [-0.2, -0.15) is 0 Å². The number of benzene rings is 1. The van der Waals surface area contributed by atoms with E-state index >= 15 is 0 Å². The van der Waals surface area contributed by atoms with Crippen LogP contribution in [-0.2, 0) is 14.4 Å². The van der Waals surface area contributed by atoms with E-state index in [1.165, 1.54) is 19.2 Å². The molecule has 0 radical (unpaired) electrons. The van der Waals surface area contributed by atoms with Crippen LogP contribution in [0.5, 0.6) is 5.75 Å². The van der Waals surface area contributed by atoms with Gasteiger partial charge in [-0.1, -0.05) is 6.07 Å². The lowest BCUT2D eigenvalue weighted by Gasteiger charge is -2.09. The summed E-state index contributed by atoms with van der Waals surface area (Å²) in [5.74, 6) is -7.10. The molecule has 0 unspecified atom stereocenters. The summed E-state index contributed by atoms with van der Waals surface area (Å²) in [6, 6.07) is 4.67. The number of carboxylic acid groups (broad SMARTS) is 2. The molecule has 6 N–H and O–H groups in total. The normalized spacial score (nSPS) is 22.4. The number of carbonyl (C=O) groups is 4. The van der Waals surface area contributed by atoms with E-state index in [2.05, 4.69) is 10.9 Å². The number of amides is 2. The average Bonchev–Trinajstić information content (AvgIpc) is 3.34. The summed E-state index contributed by atoms with van der Waals surface area (Å²) < 4.78 is 4.98. The second kappa shape index (κ2) is 7.18. The first-order valence-corrected chi connectivity index (χ1v) is 7.23. The molecule has 0 saturated heterocycles. The monoisotopic (exact) mass is 351 g/mol. The first-order chi connectivity index (χ1) is 11.8. The molecule has 0 heterocycles. The van der Waals surface area contributed by atoms with Crippen LogP contribution >= 0.6 is 0 Å². The Hall–Kier alpha value is -3.14. The fourth-order valence-corrected chi connectivity index (χ4v) is 2.64. The van der Waals surface area contributed by atoms with E-state index in [0.29, 0.717) is 5.75 Å². The van der Waals surface area contributed by atoms with E-state index in [1.807, 2.05) is 0 Å².